The Morgan fingerprint density at radius 1 is 1.36 bits per heavy atom. The molecule has 0 spiro atoms. The lowest BCUT2D eigenvalue weighted by Crippen LogP contribution is -2.38. The molecule has 0 unspecified atom stereocenters. The Hall–Kier alpha value is -1.45. The maximum absolute atomic E-state index is 12.1. The van der Waals surface area contributed by atoms with E-state index in [1.165, 1.54) is 11.8 Å². The first kappa shape index (κ1) is 16.9. The molecule has 0 atom stereocenters. The van der Waals surface area contributed by atoms with Crippen molar-refractivity contribution in [1.29, 1.82) is 0 Å². The molecule has 0 saturated carbocycles. The third-order valence-corrected chi connectivity index (χ3v) is 4.15. The van der Waals surface area contributed by atoms with Gasteiger partial charge in [0, 0.05) is 10.0 Å². The van der Waals surface area contributed by atoms with Crippen molar-refractivity contribution in [1.82, 2.24) is 20.2 Å². The average molecular weight is 400 g/mol. The first-order valence-electron chi connectivity index (χ1n) is 6.44. The second-order valence-electron chi connectivity index (χ2n) is 4.20. The summed E-state index contributed by atoms with van der Waals surface area (Å²) in [6.45, 7) is 3.82. The smallest absolute Gasteiger partial charge is 0.257 e. The standard InChI is InChI=1S/C13H14BrN5OS2/c1-3-22-13-17-16-8(2)19(13)18-12(21)15-11(20)9-4-6-10(14)7-5-9/h4-7H,3H2,1-2H3,(H2,15,18,20,21). The fourth-order valence-electron chi connectivity index (χ4n) is 1.60. The molecule has 1 heterocycles. The number of nitrogens with zero attached hydrogens (tertiary/aromatic N) is 3. The number of hydrogen-bond acceptors (Lipinski definition) is 5. The summed E-state index contributed by atoms with van der Waals surface area (Å²) in [7, 11) is 0. The number of aryl methyl sites for hydroxylation is 1. The summed E-state index contributed by atoms with van der Waals surface area (Å²) >= 11 is 10.0. The zero-order valence-corrected chi connectivity index (χ0v) is 15.2. The van der Waals surface area contributed by atoms with Gasteiger partial charge in [0.1, 0.15) is 5.82 Å². The van der Waals surface area contributed by atoms with E-state index >= 15 is 0 Å². The lowest BCUT2D eigenvalue weighted by Gasteiger charge is -2.12. The van der Waals surface area contributed by atoms with E-state index in [-0.39, 0.29) is 11.0 Å². The molecule has 0 aliphatic rings. The molecule has 22 heavy (non-hydrogen) atoms. The molecule has 0 saturated heterocycles. The van der Waals surface area contributed by atoms with Crippen LogP contribution in [-0.4, -0.2) is 31.6 Å². The lowest BCUT2D eigenvalue weighted by atomic mass is 10.2. The van der Waals surface area contributed by atoms with Gasteiger partial charge in [0.25, 0.3) is 5.91 Å². The Bertz CT molecular complexity index is 686. The summed E-state index contributed by atoms with van der Waals surface area (Å²) in [6, 6.07) is 7.02. The fourth-order valence-corrected chi connectivity index (χ4v) is 2.71. The summed E-state index contributed by atoms with van der Waals surface area (Å²) in [5.41, 5.74) is 3.44. The van der Waals surface area contributed by atoms with Gasteiger partial charge in [0.15, 0.2) is 5.11 Å². The summed E-state index contributed by atoms with van der Waals surface area (Å²) in [5.74, 6) is 1.24. The molecule has 116 valence electrons. The van der Waals surface area contributed by atoms with Gasteiger partial charge in [-0.25, -0.2) is 4.68 Å². The summed E-state index contributed by atoms with van der Waals surface area (Å²) in [4.78, 5) is 12.1. The minimum absolute atomic E-state index is 0.189. The predicted octanol–water partition coefficient (Wildman–Crippen LogP) is 2.72. The van der Waals surface area contributed by atoms with Crippen LogP contribution in [0.4, 0.5) is 0 Å². The maximum atomic E-state index is 12.1. The Morgan fingerprint density at radius 3 is 2.68 bits per heavy atom. The van der Waals surface area contributed by atoms with Gasteiger partial charge >= 0.3 is 0 Å². The number of halogens is 1. The van der Waals surface area contributed by atoms with Crippen LogP contribution in [0.5, 0.6) is 0 Å². The molecule has 2 rings (SSSR count). The number of aromatic nitrogens is 3. The highest BCUT2D eigenvalue weighted by Gasteiger charge is 2.12. The number of rotatable bonds is 4. The molecule has 1 amide bonds. The molecule has 2 N–H and O–H groups in total. The van der Waals surface area contributed by atoms with Crippen molar-refractivity contribution < 1.29 is 4.79 Å². The number of amides is 1. The monoisotopic (exact) mass is 399 g/mol. The van der Waals surface area contributed by atoms with E-state index in [0.29, 0.717) is 16.5 Å². The Kier molecular flexibility index (Phi) is 5.92. The zero-order valence-electron chi connectivity index (χ0n) is 12.0. The van der Waals surface area contributed by atoms with Gasteiger partial charge in [0.2, 0.25) is 5.16 Å². The highest BCUT2D eigenvalue weighted by Crippen LogP contribution is 2.14. The van der Waals surface area contributed by atoms with Crippen molar-refractivity contribution in [3.8, 4) is 0 Å². The molecule has 1 aromatic heterocycles. The number of thiocarbonyl (C=S) groups is 1. The average Bonchev–Trinajstić information content (AvgIpc) is 2.81. The number of hydrogen-bond donors (Lipinski definition) is 2. The Balaban J connectivity index is 2.02. The topological polar surface area (TPSA) is 71.8 Å². The second-order valence-corrected chi connectivity index (χ2v) is 6.76. The van der Waals surface area contributed by atoms with Gasteiger partial charge in [0.05, 0.1) is 0 Å². The highest BCUT2D eigenvalue weighted by atomic mass is 79.9. The molecule has 1 aromatic carbocycles. The van der Waals surface area contributed by atoms with E-state index < -0.39 is 0 Å². The van der Waals surface area contributed by atoms with Crippen LogP contribution in [-0.2, 0) is 0 Å². The van der Waals surface area contributed by atoms with Crippen LogP contribution < -0.4 is 10.7 Å². The molecule has 0 bridgehead atoms. The van der Waals surface area contributed by atoms with Crippen LogP contribution in [0.1, 0.15) is 23.1 Å². The zero-order chi connectivity index (χ0) is 16.1. The molecular formula is C13H14BrN5OS2. The summed E-state index contributed by atoms with van der Waals surface area (Å²) in [5, 5.41) is 11.5. The normalized spacial score (nSPS) is 10.3. The van der Waals surface area contributed by atoms with Crippen molar-refractivity contribution >= 4 is 50.9 Å². The summed E-state index contributed by atoms with van der Waals surface area (Å²) in [6.07, 6.45) is 0. The largest absolute Gasteiger partial charge is 0.298 e. The van der Waals surface area contributed by atoms with Gasteiger partial charge < -0.3 is 0 Å². The third-order valence-electron chi connectivity index (χ3n) is 2.62. The SMILES string of the molecule is CCSc1nnc(C)n1NC(=S)NC(=O)c1ccc(Br)cc1. The molecule has 0 aliphatic heterocycles. The lowest BCUT2D eigenvalue weighted by molar-refractivity contribution is 0.0977. The minimum Gasteiger partial charge on any atom is -0.298 e. The second kappa shape index (κ2) is 7.70. The fraction of sp³-hybridized carbons (Fsp3) is 0.231. The van der Waals surface area contributed by atoms with E-state index in [1.54, 1.807) is 35.9 Å². The van der Waals surface area contributed by atoms with E-state index in [0.717, 1.165) is 10.2 Å². The number of thioether (sulfide) groups is 1. The molecule has 0 aliphatic carbocycles. The van der Waals surface area contributed by atoms with Crippen molar-refractivity contribution in [3.63, 3.8) is 0 Å². The van der Waals surface area contributed by atoms with E-state index in [2.05, 4.69) is 36.9 Å². The predicted molar refractivity (Wildman–Crippen MR) is 94.7 cm³/mol. The number of benzene rings is 1. The van der Waals surface area contributed by atoms with Gasteiger partial charge in [-0.3, -0.25) is 15.5 Å². The van der Waals surface area contributed by atoms with Crippen molar-refractivity contribution in [2.24, 2.45) is 0 Å². The molecular weight excluding hydrogens is 386 g/mol. The van der Waals surface area contributed by atoms with Crippen molar-refractivity contribution in [2.75, 3.05) is 11.2 Å². The van der Waals surface area contributed by atoms with Crippen LogP contribution in [0.2, 0.25) is 0 Å². The number of nitrogens with one attached hydrogen (secondary N) is 2. The van der Waals surface area contributed by atoms with Crippen molar-refractivity contribution in [2.45, 2.75) is 19.0 Å². The van der Waals surface area contributed by atoms with Gasteiger partial charge in [-0.1, -0.05) is 34.6 Å². The minimum atomic E-state index is -0.277. The van der Waals surface area contributed by atoms with E-state index in [9.17, 15) is 4.79 Å². The summed E-state index contributed by atoms with van der Waals surface area (Å²) < 4.78 is 2.56. The quantitative estimate of drug-likeness (QED) is 0.608. The molecule has 6 nitrogen and oxygen atoms in total. The van der Waals surface area contributed by atoms with Crippen LogP contribution in [0.25, 0.3) is 0 Å². The first-order chi connectivity index (χ1) is 10.5. The van der Waals surface area contributed by atoms with Crippen LogP contribution in [0.3, 0.4) is 0 Å². The molecule has 0 fully saturated rings. The Morgan fingerprint density at radius 2 is 2.05 bits per heavy atom. The van der Waals surface area contributed by atoms with Gasteiger partial charge in [-0.05, 0) is 49.2 Å². The molecule has 0 radical (unpaired) electrons. The number of carbonyl (C=O) groups is 1. The molecule has 2 aromatic rings. The maximum Gasteiger partial charge on any atom is 0.257 e. The van der Waals surface area contributed by atoms with E-state index in [1.807, 2.05) is 6.92 Å². The van der Waals surface area contributed by atoms with Crippen LogP contribution in [0.15, 0.2) is 33.9 Å². The van der Waals surface area contributed by atoms with Gasteiger partial charge in [-0.15, -0.1) is 10.2 Å². The first-order valence-corrected chi connectivity index (χ1v) is 8.62. The van der Waals surface area contributed by atoms with Crippen LogP contribution in [0, 0.1) is 6.92 Å². The van der Waals surface area contributed by atoms with Gasteiger partial charge in [-0.2, -0.15) is 0 Å². The van der Waals surface area contributed by atoms with Crippen LogP contribution >= 0.6 is 39.9 Å². The molecule has 9 heteroatoms. The van der Waals surface area contributed by atoms with E-state index in [4.69, 9.17) is 12.2 Å². The highest BCUT2D eigenvalue weighted by molar-refractivity contribution is 9.10. The Labute approximate surface area is 146 Å². The number of carbonyl (C=O) groups excluding carboxylic acids is 1. The van der Waals surface area contributed by atoms with Crippen molar-refractivity contribution in [3.05, 3.63) is 40.1 Å². The third kappa shape index (κ3) is 4.28.